The molecule has 5 heteroatoms. The molecule has 1 aromatic heterocycles. The molecule has 4 nitrogen and oxygen atoms in total. The van der Waals surface area contributed by atoms with Gasteiger partial charge < -0.3 is 4.90 Å². The summed E-state index contributed by atoms with van der Waals surface area (Å²) >= 11 is 0. The number of amides is 1. The van der Waals surface area contributed by atoms with E-state index in [2.05, 4.69) is 18.2 Å². The Morgan fingerprint density at radius 1 is 1.28 bits per heavy atom. The molecule has 2 aromatic rings. The van der Waals surface area contributed by atoms with E-state index in [1.807, 2.05) is 15.8 Å². The highest BCUT2D eigenvalue weighted by molar-refractivity contribution is 5.85. The molecule has 0 radical (unpaired) electrons. The zero-order valence-electron chi connectivity index (χ0n) is 14.6. The molecule has 0 spiro atoms. The Bertz CT molecular complexity index is 777. The first-order valence-electron chi connectivity index (χ1n) is 9.25. The molecular formula is C20H24FN3O. The van der Waals surface area contributed by atoms with Crippen LogP contribution in [-0.4, -0.2) is 33.7 Å². The number of aryl methyl sites for hydroxylation is 2. The Morgan fingerprint density at radius 2 is 2.08 bits per heavy atom. The van der Waals surface area contributed by atoms with E-state index in [-0.39, 0.29) is 17.6 Å². The monoisotopic (exact) mass is 341 g/mol. The van der Waals surface area contributed by atoms with Crippen LogP contribution < -0.4 is 0 Å². The molecule has 1 aromatic carbocycles. The van der Waals surface area contributed by atoms with Gasteiger partial charge >= 0.3 is 0 Å². The third-order valence-electron chi connectivity index (χ3n) is 5.74. The lowest BCUT2D eigenvalue weighted by Crippen LogP contribution is -2.40. The number of carbonyl (C=O) groups is 1. The number of carbonyl (C=O) groups excluding carboxylic acids is 1. The fourth-order valence-corrected chi connectivity index (χ4v) is 4.26. The largest absolute Gasteiger partial charge is 0.342 e. The first kappa shape index (κ1) is 16.3. The molecule has 25 heavy (non-hydrogen) atoms. The third kappa shape index (κ3) is 3.08. The van der Waals surface area contributed by atoms with E-state index in [9.17, 15) is 9.18 Å². The van der Waals surface area contributed by atoms with Gasteiger partial charge in [-0.15, -0.1) is 0 Å². The van der Waals surface area contributed by atoms with Gasteiger partial charge in [0.1, 0.15) is 5.82 Å². The quantitative estimate of drug-likeness (QED) is 0.857. The number of hydrogen-bond donors (Lipinski definition) is 0. The Labute approximate surface area is 147 Å². The minimum Gasteiger partial charge on any atom is -0.342 e. The molecule has 1 fully saturated rings. The van der Waals surface area contributed by atoms with Crippen LogP contribution >= 0.6 is 0 Å². The van der Waals surface area contributed by atoms with E-state index < -0.39 is 0 Å². The molecule has 2 aliphatic rings. The molecular weight excluding hydrogens is 317 g/mol. The molecule has 132 valence electrons. The number of nitrogens with zero attached hydrogens (tertiary/aromatic N) is 3. The molecule has 1 amide bonds. The summed E-state index contributed by atoms with van der Waals surface area (Å²) in [6.45, 7) is 4.57. The minimum absolute atomic E-state index is 0.0880. The van der Waals surface area contributed by atoms with Crippen LogP contribution in [0, 0.1) is 5.82 Å². The second-order valence-corrected chi connectivity index (χ2v) is 7.16. The zero-order chi connectivity index (χ0) is 17.4. The molecule has 4 rings (SSSR count). The maximum Gasteiger partial charge on any atom is 0.230 e. The lowest BCUT2D eigenvalue weighted by molar-refractivity contribution is -0.133. The van der Waals surface area contributed by atoms with Crippen LogP contribution in [0.15, 0.2) is 30.6 Å². The van der Waals surface area contributed by atoms with Crippen molar-refractivity contribution in [2.75, 3.05) is 13.1 Å². The number of likely N-dealkylation sites (tertiary alicyclic amines) is 1. The van der Waals surface area contributed by atoms with Gasteiger partial charge in [0.2, 0.25) is 5.91 Å². The molecule has 1 unspecified atom stereocenters. The second-order valence-electron chi connectivity index (χ2n) is 7.16. The van der Waals surface area contributed by atoms with Crippen LogP contribution in [0.2, 0.25) is 0 Å². The number of halogens is 1. The van der Waals surface area contributed by atoms with Crippen molar-refractivity contribution in [3.8, 4) is 0 Å². The topological polar surface area (TPSA) is 38.1 Å². The number of benzene rings is 1. The molecule has 1 aliphatic heterocycles. The van der Waals surface area contributed by atoms with Crippen molar-refractivity contribution in [3.05, 3.63) is 53.1 Å². The average Bonchev–Trinajstić information content (AvgIpc) is 3.28. The van der Waals surface area contributed by atoms with Crippen LogP contribution in [0.1, 0.15) is 54.7 Å². The smallest absolute Gasteiger partial charge is 0.230 e. The highest BCUT2D eigenvalue weighted by Crippen LogP contribution is 2.36. The summed E-state index contributed by atoms with van der Waals surface area (Å²) in [6, 6.07) is 4.86. The maximum absolute atomic E-state index is 13.4. The van der Waals surface area contributed by atoms with Crippen LogP contribution in [0.5, 0.6) is 0 Å². The molecule has 0 bridgehead atoms. The van der Waals surface area contributed by atoms with Crippen LogP contribution in [0.3, 0.4) is 0 Å². The second kappa shape index (κ2) is 6.62. The van der Waals surface area contributed by atoms with Crippen LogP contribution in [0.25, 0.3) is 0 Å². The predicted molar refractivity (Wildman–Crippen MR) is 93.9 cm³/mol. The van der Waals surface area contributed by atoms with Crippen molar-refractivity contribution in [1.29, 1.82) is 0 Å². The molecule has 1 aliphatic carbocycles. The lowest BCUT2D eigenvalue weighted by atomic mass is 9.90. The summed E-state index contributed by atoms with van der Waals surface area (Å²) in [5, 5.41) is 4.36. The van der Waals surface area contributed by atoms with Crippen LogP contribution in [-0.2, 0) is 17.8 Å². The van der Waals surface area contributed by atoms with Gasteiger partial charge in [0.05, 0.1) is 12.1 Å². The third-order valence-corrected chi connectivity index (χ3v) is 5.74. The summed E-state index contributed by atoms with van der Waals surface area (Å²) in [7, 11) is 0. The summed E-state index contributed by atoms with van der Waals surface area (Å²) < 4.78 is 15.3. The lowest BCUT2D eigenvalue weighted by Gasteiger charge is -2.33. The highest BCUT2D eigenvalue weighted by Gasteiger charge is 2.34. The summed E-state index contributed by atoms with van der Waals surface area (Å²) in [5.41, 5.74) is 3.31. The fraction of sp³-hybridized carbons (Fsp3) is 0.500. The van der Waals surface area contributed by atoms with Gasteiger partial charge in [0.15, 0.2) is 0 Å². The Kier molecular flexibility index (Phi) is 4.32. The molecule has 2 heterocycles. The van der Waals surface area contributed by atoms with Gasteiger partial charge in [-0.1, -0.05) is 6.07 Å². The SMILES string of the molecule is CCn1cc(C2CCN(C(=O)C3CCc4cc(F)ccc43)CC2)cn1. The van der Waals surface area contributed by atoms with Gasteiger partial charge in [-0.25, -0.2) is 4.39 Å². The number of fused-ring (bicyclic) bond motifs is 1. The van der Waals surface area contributed by atoms with E-state index in [4.69, 9.17) is 0 Å². The normalized spacial score (nSPS) is 20.7. The number of hydrogen-bond acceptors (Lipinski definition) is 2. The summed E-state index contributed by atoms with van der Waals surface area (Å²) in [6.07, 6.45) is 7.68. The van der Waals surface area contributed by atoms with E-state index in [1.165, 1.54) is 11.6 Å². The van der Waals surface area contributed by atoms with Gasteiger partial charge in [-0.3, -0.25) is 9.48 Å². The maximum atomic E-state index is 13.4. The predicted octanol–water partition coefficient (Wildman–Crippen LogP) is 3.48. The van der Waals surface area contributed by atoms with E-state index in [0.29, 0.717) is 5.92 Å². The number of rotatable bonds is 3. The highest BCUT2D eigenvalue weighted by atomic mass is 19.1. The number of piperidine rings is 1. The molecule has 0 N–H and O–H groups in total. The van der Waals surface area contributed by atoms with Crippen LogP contribution in [0.4, 0.5) is 4.39 Å². The summed E-state index contributed by atoms with van der Waals surface area (Å²) in [4.78, 5) is 15.0. The van der Waals surface area contributed by atoms with Gasteiger partial charge in [-0.05, 0) is 67.3 Å². The van der Waals surface area contributed by atoms with Gasteiger partial charge in [0, 0.05) is 25.8 Å². The first-order valence-corrected chi connectivity index (χ1v) is 9.25. The zero-order valence-corrected chi connectivity index (χ0v) is 14.6. The van der Waals surface area contributed by atoms with Crippen molar-refractivity contribution in [2.45, 2.75) is 51.0 Å². The van der Waals surface area contributed by atoms with Crippen molar-refractivity contribution in [2.24, 2.45) is 0 Å². The molecule has 0 saturated carbocycles. The van der Waals surface area contributed by atoms with Gasteiger partial charge in [-0.2, -0.15) is 5.10 Å². The van der Waals surface area contributed by atoms with Crippen molar-refractivity contribution >= 4 is 5.91 Å². The van der Waals surface area contributed by atoms with E-state index >= 15 is 0 Å². The van der Waals surface area contributed by atoms with Crippen molar-refractivity contribution < 1.29 is 9.18 Å². The Balaban J connectivity index is 1.41. The Hall–Kier alpha value is -2.17. The minimum atomic E-state index is -0.208. The van der Waals surface area contributed by atoms with E-state index in [1.54, 1.807) is 12.1 Å². The van der Waals surface area contributed by atoms with Crippen molar-refractivity contribution in [1.82, 2.24) is 14.7 Å². The molecule has 1 saturated heterocycles. The molecule has 1 atom stereocenters. The standard InChI is InChI=1S/C20H24FN3O/c1-2-24-13-16(12-22-24)14-7-9-23(10-8-14)20(25)19-5-3-15-11-17(21)4-6-18(15)19/h4,6,11-14,19H,2-3,5,7-10H2,1H3. The first-order chi connectivity index (χ1) is 12.2. The van der Waals surface area contributed by atoms with Gasteiger partial charge in [0.25, 0.3) is 0 Å². The van der Waals surface area contributed by atoms with E-state index in [0.717, 1.165) is 56.4 Å². The Morgan fingerprint density at radius 3 is 2.80 bits per heavy atom. The number of aromatic nitrogens is 2. The fourth-order valence-electron chi connectivity index (χ4n) is 4.26. The summed E-state index contributed by atoms with van der Waals surface area (Å²) in [5.74, 6) is 0.414. The average molecular weight is 341 g/mol. The van der Waals surface area contributed by atoms with Crippen molar-refractivity contribution in [3.63, 3.8) is 0 Å².